The Hall–Kier alpha value is -3.21. The van der Waals surface area contributed by atoms with Crippen LogP contribution in [0.2, 0.25) is 0 Å². The third-order valence-electron chi connectivity index (χ3n) is 6.34. The van der Waals surface area contributed by atoms with Gasteiger partial charge < -0.3 is 10.2 Å². The number of nitrogens with zero attached hydrogens (tertiary/aromatic N) is 2. The van der Waals surface area contributed by atoms with E-state index in [1.165, 1.54) is 11.1 Å². The number of nitrogens with one attached hydrogen (secondary N) is 1. The standard InChI is InChI=1S/C25H25N3O2/c29-23-8-7-20-11-18(14-26-25(20)27-23)6-9-24(30)28-15-21-12-19(13-22(21)16-28)10-17-4-2-1-3-5-17/h1-6,9,11-12,14,21-22H,7-8,10,13,15-16H2,(H,26,27,29). The highest BCUT2D eigenvalue weighted by atomic mass is 16.2. The maximum Gasteiger partial charge on any atom is 0.246 e. The molecule has 0 saturated carbocycles. The van der Waals surface area contributed by atoms with Crippen molar-refractivity contribution in [2.75, 3.05) is 18.4 Å². The van der Waals surface area contributed by atoms with Crippen LogP contribution in [0.1, 0.15) is 29.5 Å². The molecule has 1 aromatic carbocycles. The maximum absolute atomic E-state index is 12.7. The minimum absolute atomic E-state index is 0.00836. The van der Waals surface area contributed by atoms with Gasteiger partial charge in [-0.1, -0.05) is 42.0 Å². The lowest BCUT2D eigenvalue weighted by atomic mass is 9.98. The van der Waals surface area contributed by atoms with Gasteiger partial charge in [0.15, 0.2) is 0 Å². The summed E-state index contributed by atoms with van der Waals surface area (Å²) in [7, 11) is 0. The number of anilines is 1. The Morgan fingerprint density at radius 3 is 2.90 bits per heavy atom. The normalized spacial score (nSPS) is 22.6. The lowest BCUT2D eigenvalue weighted by molar-refractivity contribution is -0.125. The molecule has 5 nitrogen and oxygen atoms in total. The average molecular weight is 399 g/mol. The molecule has 1 saturated heterocycles. The summed E-state index contributed by atoms with van der Waals surface area (Å²) in [6.07, 6.45) is 10.9. The zero-order valence-electron chi connectivity index (χ0n) is 16.9. The van der Waals surface area contributed by atoms with Crippen molar-refractivity contribution in [3.05, 3.63) is 77.0 Å². The van der Waals surface area contributed by atoms with Crippen LogP contribution in [0.25, 0.3) is 6.08 Å². The molecule has 0 radical (unpaired) electrons. The molecule has 2 atom stereocenters. The third-order valence-corrected chi connectivity index (χ3v) is 6.34. The molecule has 1 aliphatic carbocycles. The molecule has 2 aromatic rings. The topological polar surface area (TPSA) is 62.3 Å². The third kappa shape index (κ3) is 3.92. The number of likely N-dealkylation sites (tertiary alicyclic amines) is 1. The van der Waals surface area contributed by atoms with Crippen LogP contribution in [0.15, 0.2) is 60.3 Å². The van der Waals surface area contributed by atoms with Crippen LogP contribution >= 0.6 is 0 Å². The highest BCUT2D eigenvalue weighted by molar-refractivity contribution is 5.94. The molecule has 5 heteroatoms. The average Bonchev–Trinajstić information content (AvgIpc) is 3.31. The van der Waals surface area contributed by atoms with Crippen LogP contribution < -0.4 is 5.32 Å². The van der Waals surface area contributed by atoms with Crippen molar-refractivity contribution in [3.63, 3.8) is 0 Å². The Bertz CT molecular complexity index is 1040. The first kappa shape index (κ1) is 18.8. The van der Waals surface area contributed by atoms with E-state index < -0.39 is 0 Å². The Morgan fingerprint density at radius 1 is 1.20 bits per heavy atom. The van der Waals surface area contributed by atoms with Crippen LogP contribution in [0.3, 0.4) is 0 Å². The van der Waals surface area contributed by atoms with Crippen LogP contribution in [0, 0.1) is 11.8 Å². The molecule has 5 rings (SSSR count). The number of hydrogen-bond acceptors (Lipinski definition) is 3. The fourth-order valence-electron chi connectivity index (χ4n) is 4.82. The number of aryl methyl sites for hydroxylation is 1. The molecule has 152 valence electrons. The first-order valence-corrected chi connectivity index (χ1v) is 10.6. The van der Waals surface area contributed by atoms with Crippen molar-refractivity contribution in [2.24, 2.45) is 11.8 Å². The van der Waals surface area contributed by atoms with Crippen LogP contribution in [0.4, 0.5) is 5.82 Å². The number of carbonyl (C=O) groups excluding carboxylic acids is 2. The molecule has 1 aromatic heterocycles. The fourth-order valence-corrected chi connectivity index (χ4v) is 4.82. The lowest BCUT2D eigenvalue weighted by Crippen LogP contribution is -2.27. The number of allylic oxidation sites excluding steroid dienone is 1. The molecule has 0 spiro atoms. The highest BCUT2D eigenvalue weighted by Gasteiger charge is 2.37. The van der Waals surface area contributed by atoms with E-state index >= 15 is 0 Å². The predicted molar refractivity (Wildman–Crippen MR) is 117 cm³/mol. The van der Waals surface area contributed by atoms with Gasteiger partial charge in [-0.2, -0.15) is 0 Å². The fraction of sp³-hybridized carbons (Fsp3) is 0.320. The van der Waals surface area contributed by atoms with Gasteiger partial charge in [-0.05, 0) is 59.9 Å². The lowest BCUT2D eigenvalue weighted by Gasteiger charge is -2.16. The van der Waals surface area contributed by atoms with E-state index in [-0.39, 0.29) is 11.8 Å². The van der Waals surface area contributed by atoms with Crippen LogP contribution in [-0.4, -0.2) is 34.8 Å². The van der Waals surface area contributed by atoms with E-state index in [0.29, 0.717) is 30.5 Å². The second-order valence-electron chi connectivity index (χ2n) is 8.52. The van der Waals surface area contributed by atoms with Gasteiger partial charge in [-0.15, -0.1) is 0 Å². The van der Waals surface area contributed by atoms with Gasteiger partial charge in [0.1, 0.15) is 5.82 Å². The summed E-state index contributed by atoms with van der Waals surface area (Å²) in [6.45, 7) is 1.64. The Morgan fingerprint density at radius 2 is 2.07 bits per heavy atom. The van der Waals surface area contributed by atoms with Gasteiger partial charge in [0.2, 0.25) is 11.8 Å². The molecule has 3 aliphatic rings. The van der Waals surface area contributed by atoms with Crippen LogP contribution in [0.5, 0.6) is 0 Å². The van der Waals surface area contributed by atoms with Crippen molar-refractivity contribution in [1.29, 1.82) is 0 Å². The molecule has 2 unspecified atom stereocenters. The molecule has 3 heterocycles. The molecule has 1 fully saturated rings. The van der Waals surface area contributed by atoms with Crippen molar-refractivity contribution in [1.82, 2.24) is 9.88 Å². The molecular weight excluding hydrogens is 374 g/mol. The van der Waals surface area contributed by atoms with Crippen molar-refractivity contribution < 1.29 is 9.59 Å². The number of hydrogen-bond donors (Lipinski definition) is 1. The molecule has 0 bridgehead atoms. The van der Waals surface area contributed by atoms with Gasteiger partial charge in [-0.25, -0.2) is 4.98 Å². The van der Waals surface area contributed by atoms with Gasteiger partial charge in [0, 0.05) is 31.8 Å². The summed E-state index contributed by atoms with van der Waals surface area (Å²) in [5, 5.41) is 2.78. The number of fused-ring (bicyclic) bond motifs is 2. The smallest absolute Gasteiger partial charge is 0.246 e. The second kappa shape index (κ2) is 7.90. The van der Waals surface area contributed by atoms with Crippen molar-refractivity contribution >= 4 is 23.7 Å². The summed E-state index contributed by atoms with van der Waals surface area (Å²) in [5.74, 6) is 1.74. The Kier molecular flexibility index (Phi) is 4.95. The predicted octanol–water partition coefficient (Wildman–Crippen LogP) is 3.63. The first-order chi connectivity index (χ1) is 14.6. The van der Waals surface area contributed by atoms with E-state index in [0.717, 1.165) is 37.1 Å². The quantitative estimate of drug-likeness (QED) is 0.631. The van der Waals surface area contributed by atoms with E-state index in [4.69, 9.17) is 0 Å². The number of benzene rings is 1. The maximum atomic E-state index is 12.7. The summed E-state index contributed by atoms with van der Waals surface area (Å²) in [4.78, 5) is 30.4. The molecule has 2 aliphatic heterocycles. The van der Waals surface area contributed by atoms with Crippen molar-refractivity contribution in [2.45, 2.75) is 25.7 Å². The van der Waals surface area contributed by atoms with Gasteiger partial charge >= 0.3 is 0 Å². The first-order valence-electron chi connectivity index (χ1n) is 10.6. The monoisotopic (exact) mass is 399 g/mol. The summed E-state index contributed by atoms with van der Waals surface area (Å²) in [6, 6.07) is 12.6. The van der Waals surface area contributed by atoms with E-state index in [9.17, 15) is 9.59 Å². The Balaban J connectivity index is 1.19. The van der Waals surface area contributed by atoms with Crippen LogP contribution in [-0.2, 0) is 22.4 Å². The van der Waals surface area contributed by atoms with Gasteiger partial charge in [-0.3, -0.25) is 9.59 Å². The zero-order chi connectivity index (χ0) is 20.5. The second-order valence-corrected chi connectivity index (χ2v) is 8.52. The van der Waals surface area contributed by atoms with E-state index in [1.807, 2.05) is 17.0 Å². The number of aromatic nitrogens is 1. The van der Waals surface area contributed by atoms with Gasteiger partial charge in [0.25, 0.3) is 0 Å². The molecule has 1 N–H and O–H groups in total. The summed E-state index contributed by atoms with van der Waals surface area (Å²) >= 11 is 0. The molecule has 30 heavy (non-hydrogen) atoms. The van der Waals surface area contributed by atoms with Gasteiger partial charge in [0.05, 0.1) is 0 Å². The number of amides is 2. The minimum Gasteiger partial charge on any atom is -0.338 e. The summed E-state index contributed by atoms with van der Waals surface area (Å²) < 4.78 is 0. The zero-order valence-corrected chi connectivity index (χ0v) is 16.9. The van der Waals surface area contributed by atoms with E-state index in [2.05, 4.69) is 46.7 Å². The summed E-state index contributed by atoms with van der Waals surface area (Å²) in [5.41, 5.74) is 4.78. The number of pyridine rings is 1. The SMILES string of the molecule is O=C1CCc2cc(C=CC(=O)N3CC4C=C(Cc5ccccc5)CC4C3)cnc2N1. The number of rotatable bonds is 4. The highest BCUT2D eigenvalue weighted by Crippen LogP contribution is 2.38. The molecular formula is C25H25N3O2. The molecule has 2 amide bonds. The largest absolute Gasteiger partial charge is 0.338 e. The van der Waals surface area contributed by atoms with Crippen molar-refractivity contribution in [3.8, 4) is 0 Å². The number of carbonyl (C=O) groups is 2. The Labute approximate surface area is 176 Å². The van der Waals surface area contributed by atoms with E-state index in [1.54, 1.807) is 12.3 Å². The minimum atomic E-state index is 0.00836.